The highest BCUT2D eigenvalue weighted by Crippen LogP contribution is 2.23. The number of carboxylic acids is 1. The quantitative estimate of drug-likeness (QED) is 0.626. The Morgan fingerprint density at radius 3 is 2.59 bits per heavy atom. The summed E-state index contributed by atoms with van der Waals surface area (Å²) in [6.07, 6.45) is 0. The van der Waals surface area contributed by atoms with Crippen molar-refractivity contribution in [2.75, 3.05) is 39.4 Å². The number of fused-ring (bicyclic) bond motifs is 3. The van der Waals surface area contributed by atoms with E-state index in [2.05, 4.69) is 0 Å². The zero-order chi connectivity index (χ0) is 20.0. The van der Waals surface area contributed by atoms with Crippen LogP contribution in [0.1, 0.15) is 10.4 Å². The lowest BCUT2D eigenvalue weighted by atomic mass is 10.1. The molecule has 148 valence electrons. The van der Waals surface area contributed by atoms with Crippen LogP contribution in [0.3, 0.4) is 0 Å². The summed E-state index contributed by atoms with van der Waals surface area (Å²) in [7, 11) is 0. The number of carbonyl (C=O) groups excluding carboxylic acids is 1. The number of halogens is 1. The molecule has 2 heterocycles. The molecule has 1 aromatic carbocycles. The third-order valence-corrected chi connectivity index (χ3v) is 4.36. The molecular weight excluding hydrogens is 363 g/mol. The van der Waals surface area contributed by atoms with E-state index in [4.69, 9.17) is 19.7 Å². The molecule has 0 saturated carbocycles. The molecule has 0 spiro atoms. The van der Waals surface area contributed by atoms with Crippen LogP contribution in [0.4, 0.5) is 4.39 Å². The first-order chi connectivity index (χ1) is 12.8. The van der Waals surface area contributed by atoms with E-state index in [9.17, 15) is 19.1 Å². The van der Waals surface area contributed by atoms with Crippen molar-refractivity contribution >= 4 is 18.3 Å². The monoisotopic (exact) mass is 384 g/mol. The number of carbonyl (C=O) groups is 3. The van der Waals surface area contributed by atoms with Crippen LogP contribution in [-0.4, -0.2) is 88.9 Å². The van der Waals surface area contributed by atoms with Crippen molar-refractivity contribution in [3.8, 4) is 5.75 Å². The second-order valence-electron chi connectivity index (χ2n) is 6.37. The number of hydrogen-bond acceptors (Lipinski definition) is 6. The Labute approximate surface area is 154 Å². The van der Waals surface area contributed by atoms with Crippen molar-refractivity contribution < 1.29 is 38.8 Å². The number of nitrogens with zero attached hydrogens (tertiary/aromatic N) is 2. The number of amides is 1. The van der Waals surface area contributed by atoms with Gasteiger partial charge in [0.15, 0.2) is 11.6 Å². The summed E-state index contributed by atoms with van der Waals surface area (Å²) in [4.78, 5) is 35.6. The van der Waals surface area contributed by atoms with Gasteiger partial charge in [0, 0.05) is 31.1 Å². The van der Waals surface area contributed by atoms with Gasteiger partial charge in [-0.3, -0.25) is 19.3 Å². The number of rotatable bonds is 3. The number of benzene rings is 1. The first kappa shape index (κ1) is 20.6. The Balaban J connectivity index is 0.000000817. The highest BCUT2D eigenvalue weighted by atomic mass is 19.1. The van der Waals surface area contributed by atoms with Gasteiger partial charge in [-0.2, -0.15) is 0 Å². The molecule has 2 saturated heterocycles. The normalized spacial score (nSPS) is 22.2. The Kier molecular flexibility index (Phi) is 7.08. The number of ether oxygens (including phenoxy) is 1. The van der Waals surface area contributed by atoms with Crippen molar-refractivity contribution in [2.45, 2.75) is 6.04 Å². The van der Waals surface area contributed by atoms with E-state index in [1.807, 2.05) is 4.90 Å². The second kappa shape index (κ2) is 9.28. The molecule has 2 aliphatic heterocycles. The van der Waals surface area contributed by atoms with Gasteiger partial charge in [0.05, 0.1) is 25.8 Å². The van der Waals surface area contributed by atoms with Gasteiger partial charge >= 0.3 is 5.97 Å². The molecule has 2 aliphatic rings. The number of hydrogen-bond donors (Lipinski definition) is 3. The number of carboxylic acid groups (broad SMARTS) is 2. The first-order valence-corrected chi connectivity index (χ1v) is 8.25. The summed E-state index contributed by atoms with van der Waals surface area (Å²) in [5, 5.41) is 25.2. The zero-order valence-corrected chi connectivity index (χ0v) is 14.5. The Morgan fingerprint density at radius 2 is 1.96 bits per heavy atom. The van der Waals surface area contributed by atoms with E-state index in [-0.39, 0.29) is 36.4 Å². The molecule has 2 atom stereocenters. The van der Waals surface area contributed by atoms with Gasteiger partial charge in [0.2, 0.25) is 0 Å². The van der Waals surface area contributed by atoms with Crippen molar-refractivity contribution in [3.63, 3.8) is 0 Å². The fourth-order valence-electron chi connectivity index (χ4n) is 3.31. The topological polar surface area (TPSA) is 128 Å². The highest BCUT2D eigenvalue weighted by molar-refractivity contribution is 5.94. The summed E-state index contributed by atoms with van der Waals surface area (Å²) in [6.45, 7) is 1.82. The number of aliphatic carboxylic acids is 1. The first-order valence-electron chi connectivity index (χ1n) is 8.25. The molecule has 0 aromatic heterocycles. The lowest BCUT2D eigenvalue weighted by Crippen LogP contribution is -2.47. The summed E-state index contributed by atoms with van der Waals surface area (Å²) >= 11 is 0. The van der Waals surface area contributed by atoms with Gasteiger partial charge in [0.25, 0.3) is 12.4 Å². The minimum absolute atomic E-state index is 0.00256. The van der Waals surface area contributed by atoms with Crippen LogP contribution >= 0.6 is 0 Å². The number of aromatic hydroxyl groups is 1. The average Bonchev–Trinajstić information content (AvgIpc) is 2.87. The van der Waals surface area contributed by atoms with Crippen molar-refractivity contribution in [3.05, 3.63) is 29.6 Å². The molecule has 10 heteroatoms. The average molecular weight is 384 g/mol. The third kappa shape index (κ3) is 5.38. The summed E-state index contributed by atoms with van der Waals surface area (Å²) in [5.74, 6) is -2.59. The molecule has 1 aromatic rings. The van der Waals surface area contributed by atoms with E-state index in [0.717, 1.165) is 12.1 Å². The Bertz CT molecular complexity index is 700. The van der Waals surface area contributed by atoms with Crippen LogP contribution < -0.4 is 0 Å². The predicted molar refractivity (Wildman–Crippen MR) is 90.0 cm³/mol. The Hall–Kier alpha value is -2.72. The van der Waals surface area contributed by atoms with E-state index < -0.39 is 17.5 Å². The molecule has 27 heavy (non-hydrogen) atoms. The van der Waals surface area contributed by atoms with Crippen LogP contribution in [-0.2, 0) is 14.3 Å². The molecule has 0 aliphatic carbocycles. The van der Waals surface area contributed by atoms with Crippen molar-refractivity contribution in [2.24, 2.45) is 5.92 Å². The van der Waals surface area contributed by atoms with Gasteiger partial charge in [-0.15, -0.1) is 0 Å². The smallest absolute Gasteiger partial charge is 0.317 e. The SMILES string of the molecule is O=C(O)CN1C[C@@H]2COC[C@H](C1)N(C(=O)c1ccc(O)c(F)c1)C2.O=CO. The maximum absolute atomic E-state index is 13.5. The molecule has 3 N–H and O–H groups in total. The van der Waals surface area contributed by atoms with Gasteiger partial charge < -0.3 is 25.0 Å². The van der Waals surface area contributed by atoms with Crippen molar-refractivity contribution in [1.29, 1.82) is 0 Å². The Morgan fingerprint density at radius 1 is 1.26 bits per heavy atom. The van der Waals surface area contributed by atoms with Gasteiger partial charge in [-0.25, -0.2) is 4.39 Å². The third-order valence-electron chi connectivity index (χ3n) is 4.36. The van der Waals surface area contributed by atoms with Gasteiger partial charge in [0.1, 0.15) is 0 Å². The molecular formula is C17H21FN2O7. The highest BCUT2D eigenvalue weighted by Gasteiger charge is 2.36. The summed E-state index contributed by atoms with van der Waals surface area (Å²) in [5.41, 5.74) is 0.155. The van der Waals surface area contributed by atoms with Crippen LogP contribution in [0.15, 0.2) is 18.2 Å². The van der Waals surface area contributed by atoms with E-state index in [0.29, 0.717) is 32.8 Å². The van der Waals surface area contributed by atoms with Crippen LogP contribution in [0.5, 0.6) is 5.75 Å². The van der Waals surface area contributed by atoms with E-state index >= 15 is 0 Å². The molecule has 1 amide bonds. The van der Waals surface area contributed by atoms with Crippen LogP contribution in [0.25, 0.3) is 0 Å². The largest absolute Gasteiger partial charge is 0.505 e. The molecule has 2 fully saturated rings. The number of phenols is 1. The van der Waals surface area contributed by atoms with E-state index in [1.165, 1.54) is 6.07 Å². The number of phenolic OH excluding ortho intramolecular Hbond substituents is 1. The molecule has 9 nitrogen and oxygen atoms in total. The van der Waals surface area contributed by atoms with E-state index in [1.54, 1.807) is 4.90 Å². The molecule has 0 unspecified atom stereocenters. The lowest BCUT2D eigenvalue weighted by Gasteiger charge is -2.30. The molecule has 3 rings (SSSR count). The fourth-order valence-corrected chi connectivity index (χ4v) is 3.31. The fraction of sp³-hybridized carbons (Fsp3) is 0.471. The predicted octanol–water partition coefficient (Wildman–Crippen LogP) is 0.0895. The minimum atomic E-state index is -0.908. The van der Waals surface area contributed by atoms with Crippen LogP contribution in [0.2, 0.25) is 0 Å². The summed E-state index contributed by atoms with van der Waals surface area (Å²) < 4.78 is 19.1. The lowest BCUT2D eigenvalue weighted by molar-refractivity contribution is -0.138. The summed E-state index contributed by atoms with van der Waals surface area (Å²) in [6, 6.07) is 3.26. The van der Waals surface area contributed by atoms with Gasteiger partial charge in [-0.05, 0) is 18.2 Å². The van der Waals surface area contributed by atoms with Gasteiger partial charge in [-0.1, -0.05) is 0 Å². The maximum Gasteiger partial charge on any atom is 0.317 e. The molecule has 2 bridgehead atoms. The molecule has 0 radical (unpaired) electrons. The zero-order valence-electron chi connectivity index (χ0n) is 14.5. The second-order valence-corrected chi connectivity index (χ2v) is 6.37. The van der Waals surface area contributed by atoms with Crippen LogP contribution in [0, 0.1) is 11.7 Å². The standard InChI is InChI=1S/C16H19FN2O5.CH2O2/c17-13-3-11(1-2-14(13)20)16(23)19-5-10-4-18(7-15(21)22)6-12(19)9-24-8-10;2-1-3/h1-3,10,12,20H,4-9H2,(H,21,22);1H,(H,2,3)/t10-,12-;/m0./s1. The van der Waals surface area contributed by atoms with Crippen molar-refractivity contribution in [1.82, 2.24) is 9.80 Å². The minimum Gasteiger partial charge on any atom is -0.505 e. The maximum atomic E-state index is 13.5.